The Hall–Kier alpha value is -8.26. The molecule has 0 aliphatic rings. The van der Waals surface area contributed by atoms with Crippen LogP contribution < -0.4 is 23.7 Å². The van der Waals surface area contributed by atoms with E-state index >= 15 is 0 Å². The maximum atomic E-state index is 14.2. The highest BCUT2D eigenvalue weighted by molar-refractivity contribution is 7.86. The van der Waals surface area contributed by atoms with Crippen LogP contribution >= 0.6 is 0 Å². The van der Waals surface area contributed by atoms with Crippen LogP contribution in [0, 0.1) is 0 Å². The lowest BCUT2D eigenvalue weighted by atomic mass is 9.66. The number of hydrogen-bond acceptors (Lipinski definition) is 15. The topological polar surface area (TPSA) is 298 Å². The molecule has 91 heavy (non-hydrogen) atoms. The van der Waals surface area contributed by atoms with Crippen LogP contribution in [-0.2, 0) is 51.3 Å². The van der Waals surface area contributed by atoms with Crippen LogP contribution in [0.15, 0.2) is 189 Å². The molecule has 0 saturated heterocycles. The Morgan fingerprint density at radius 1 is 0.352 bits per heavy atom. The molecule has 480 valence electrons. The smallest absolute Gasteiger partial charge is 0.298 e. The van der Waals surface area contributed by atoms with Gasteiger partial charge in [-0.05, 0) is 195 Å². The molecule has 0 radical (unpaired) electrons. The van der Waals surface area contributed by atoms with Crippen LogP contribution in [-0.4, -0.2) is 74.7 Å². The second-order valence-electron chi connectivity index (χ2n) is 23.4. The van der Waals surface area contributed by atoms with E-state index in [4.69, 9.17) is 23.7 Å². The standard InChI is InChI=1S/C68H70O19S4/c1-11-65(5,6)55-35-19-45(39-59(55)88(71,72)73)63(69)47-21-37-57(61(41-47)90(77,78)79)84-51-23-15-43(16-24-51)44-17-25-54(26-18-44)87-68(10,14-4)67(9,13-3)56-36-20-46(40-60(56)89(74,75)76)64(70)48-22-38-58(62(42-48)91(80,81)82)85-52-29-27-49(28-30-52)83-50-31-33-53(34-32-50)86-66(7,8)12-2/h15-42H,11-14H2,1-10H3,(H,71,72,73)(H,74,75,76)(H,77,78,79)(H,80,81,82). The van der Waals surface area contributed by atoms with E-state index in [9.17, 15) is 61.5 Å². The first-order chi connectivity index (χ1) is 42.4. The van der Waals surface area contributed by atoms with Gasteiger partial charge in [0.1, 0.15) is 67.0 Å². The Labute approximate surface area is 531 Å². The second kappa shape index (κ2) is 26.2. The molecule has 8 aromatic carbocycles. The fourth-order valence-corrected chi connectivity index (χ4v) is 13.2. The number of rotatable bonds is 26. The zero-order valence-corrected chi connectivity index (χ0v) is 54.8. The molecule has 2 atom stereocenters. The lowest BCUT2D eigenvalue weighted by Crippen LogP contribution is -2.51. The molecule has 8 rings (SSSR count). The number of benzene rings is 8. The highest BCUT2D eigenvalue weighted by Crippen LogP contribution is 2.47. The summed E-state index contributed by atoms with van der Waals surface area (Å²) in [5, 5.41) is 0. The first-order valence-electron chi connectivity index (χ1n) is 28.8. The van der Waals surface area contributed by atoms with Crippen LogP contribution in [0.5, 0.6) is 46.0 Å². The predicted molar refractivity (Wildman–Crippen MR) is 342 cm³/mol. The summed E-state index contributed by atoms with van der Waals surface area (Å²) < 4.78 is 174. The van der Waals surface area contributed by atoms with Crippen molar-refractivity contribution in [3.8, 4) is 57.1 Å². The molecule has 23 heteroatoms. The fraction of sp³-hybridized carbons (Fsp3) is 0.265. The largest absolute Gasteiger partial charge is 0.488 e. The third-order valence-corrected chi connectivity index (χ3v) is 20.3. The molecule has 0 saturated carbocycles. The van der Waals surface area contributed by atoms with Gasteiger partial charge in [0.2, 0.25) is 0 Å². The molecule has 4 N–H and O–H groups in total. The summed E-state index contributed by atoms with van der Waals surface area (Å²) in [7, 11) is -19.9. The molecule has 19 nitrogen and oxygen atoms in total. The monoisotopic (exact) mass is 1320 g/mol. The molecule has 0 fully saturated rings. The van der Waals surface area contributed by atoms with Gasteiger partial charge < -0.3 is 23.7 Å². The van der Waals surface area contributed by atoms with Crippen molar-refractivity contribution in [2.24, 2.45) is 0 Å². The van der Waals surface area contributed by atoms with Crippen molar-refractivity contribution in [3.63, 3.8) is 0 Å². The average molecular weight is 1320 g/mol. The van der Waals surface area contributed by atoms with E-state index in [1.54, 1.807) is 113 Å². The van der Waals surface area contributed by atoms with Crippen molar-refractivity contribution >= 4 is 52.0 Å². The highest BCUT2D eigenvalue weighted by atomic mass is 32.2. The second-order valence-corrected chi connectivity index (χ2v) is 29.0. The first-order valence-corrected chi connectivity index (χ1v) is 34.6. The summed E-state index contributed by atoms with van der Waals surface area (Å²) in [5.41, 5.74) is -2.49. The van der Waals surface area contributed by atoms with Gasteiger partial charge in [-0.3, -0.25) is 27.8 Å². The van der Waals surface area contributed by atoms with E-state index in [0.29, 0.717) is 47.0 Å². The molecule has 0 aliphatic heterocycles. The Balaban J connectivity index is 0.971. The van der Waals surface area contributed by atoms with Crippen LogP contribution in [0.4, 0.5) is 0 Å². The SMILES string of the molecule is CCC(C)(C)Oc1ccc(Oc2ccc(Oc3ccc(C(=O)c4ccc(C(C)(CC)C(C)(CC)Oc5ccc(-c6ccc(Oc7ccc(C(=O)c8ccc(C(C)(C)CC)c(S(=O)(=O)O)c8)cc7S(=O)(=O)O)cc6)cc5)c(S(=O)(=O)O)c4)cc3S(=O)(=O)O)cc2)cc1. The predicted octanol–water partition coefficient (Wildman–Crippen LogP) is 15.3. The number of ketones is 2. The lowest BCUT2D eigenvalue weighted by molar-refractivity contribution is 0.00173. The van der Waals surface area contributed by atoms with Crippen molar-refractivity contribution in [2.45, 2.75) is 137 Å². The molecule has 0 spiro atoms. The van der Waals surface area contributed by atoms with E-state index < -0.39 is 88.1 Å². The quantitative estimate of drug-likeness (QED) is 0.0289. The first kappa shape index (κ1) is 68.6. The van der Waals surface area contributed by atoms with Gasteiger partial charge >= 0.3 is 0 Å². The normalized spacial score (nSPS) is 13.7. The van der Waals surface area contributed by atoms with Gasteiger partial charge in [0.25, 0.3) is 40.5 Å². The summed E-state index contributed by atoms with van der Waals surface area (Å²) in [4.78, 5) is 25.3. The third-order valence-electron chi connectivity index (χ3n) is 16.7. The van der Waals surface area contributed by atoms with Crippen LogP contribution in [0.25, 0.3) is 11.1 Å². The minimum Gasteiger partial charge on any atom is -0.488 e. The minimum atomic E-state index is -5.06. The molecule has 0 bridgehead atoms. The number of ether oxygens (including phenoxy) is 5. The van der Waals surface area contributed by atoms with E-state index in [2.05, 4.69) is 0 Å². The zero-order chi connectivity index (χ0) is 66.9. The Morgan fingerprint density at radius 3 is 1.03 bits per heavy atom. The van der Waals surface area contributed by atoms with Crippen molar-refractivity contribution in [3.05, 3.63) is 203 Å². The van der Waals surface area contributed by atoms with E-state index in [0.717, 1.165) is 30.7 Å². The summed E-state index contributed by atoms with van der Waals surface area (Å²) in [6.45, 7) is 18.6. The molecule has 0 aliphatic carbocycles. The Morgan fingerprint density at radius 2 is 0.670 bits per heavy atom. The van der Waals surface area contributed by atoms with Gasteiger partial charge in [-0.25, -0.2) is 0 Å². The number of carbonyl (C=O) groups excluding carboxylic acids is 2. The van der Waals surface area contributed by atoms with E-state index in [-0.39, 0.29) is 68.4 Å². The van der Waals surface area contributed by atoms with E-state index in [1.165, 1.54) is 60.7 Å². The van der Waals surface area contributed by atoms with Gasteiger partial charge in [-0.1, -0.05) is 97.0 Å². The summed E-state index contributed by atoms with van der Waals surface area (Å²) in [6, 6.07) is 40.9. The van der Waals surface area contributed by atoms with Gasteiger partial charge in [0, 0.05) is 27.7 Å². The summed E-state index contributed by atoms with van der Waals surface area (Å²) in [6.07, 6.45) is 1.89. The molecule has 2 unspecified atom stereocenters. The molecule has 0 amide bonds. The lowest BCUT2D eigenvalue weighted by Gasteiger charge is -2.46. The Bertz CT molecular complexity index is 4530. The Kier molecular flexibility index (Phi) is 19.7. The fourth-order valence-electron chi connectivity index (χ4n) is 10.2. The summed E-state index contributed by atoms with van der Waals surface area (Å²) in [5.74, 6) is 0.0543. The number of hydrogen-bond donors (Lipinski definition) is 4. The molecular weight excluding hydrogens is 1250 g/mol. The number of carbonyl (C=O) groups is 2. The molecule has 0 aromatic heterocycles. The van der Waals surface area contributed by atoms with Crippen molar-refractivity contribution in [2.75, 3.05) is 0 Å². The summed E-state index contributed by atoms with van der Waals surface area (Å²) >= 11 is 0. The van der Waals surface area contributed by atoms with Crippen molar-refractivity contribution in [1.29, 1.82) is 0 Å². The molecule has 0 heterocycles. The molecular formula is C68H70O19S4. The van der Waals surface area contributed by atoms with Gasteiger partial charge in [-0.2, -0.15) is 33.7 Å². The van der Waals surface area contributed by atoms with Crippen LogP contribution in [0.2, 0.25) is 0 Å². The maximum absolute atomic E-state index is 14.2. The molecule has 8 aromatic rings. The van der Waals surface area contributed by atoms with Gasteiger partial charge in [0.15, 0.2) is 11.6 Å². The minimum absolute atomic E-state index is 0.123. The van der Waals surface area contributed by atoms with Crippen molar-refractivity contribution in [1.82, 2.24) is 0 Å². The van der Waals surface area contributed by atoms with E-state index in [1.807, 2.05) is 41.5 Å². The zero-order valence-electron chi connectivity index (χ0n) is 51.5. The van der Waals surface area contributed by atoms with Crippen LogP contribution in [0.1, 0.15) is 138 Å². The van der Waals surface area contributed by atoms with Crippen LogP contribution in [0.3, 0.4) is 0 Å². The van der Waals surface area contributed by atoms with Crippen molar-refractivity contribution < 1.29 is 85.2 Å². The van der Waals surface area contributed by atoms with Gasteiger partial charge in [0.05, 0.1) is 9.79 Å². The maximum Gasteiger partial charge on any atom is 0.298 e. The third kappa shape index (κ3) is 15.6. The average Bonchev–Trinajstić information content (AvgIpc) is 0.772. The van der Waals surface area contributed by atoms with Gasteiger partial charge in [-0.15, -0.1) is 0 Å². The highest BCUT2D eigenvalue weighted by Gasteiger charge is 2.48.